The summed E-state index contributed by atoms with van der Waals surface area (Å²) in [5.41, 5.74) is -0.537. The van der Waals surface area contributed by atoms with Gasteiger partial charge in [-0.1, -0.05) is 37.3 Å². The lowest BCUT2D eigenvalue weighted by molar-refractivity contribution is -0.127. The number of carbonyl (C=O) groups is 1. The largest absolute Gasteiger partial charge is 0.367 e. The highest BCUT2D eigenvalue weighted by atomic mass is 16.3. The van der Waals surface area contributed by atoms with Crippen LogP contribution in [0.1, 0.15) is 25.8 Å². The van der Waals surface area contributed by atoms with E-state index in [2.05, 4.69) is 5.32 Å². The highest BCUT2D eigenvalue weighted by Gasteiger charge is 2.27. The zero-order valence-electron chi connectivity index (χ0n) is 8.45. The average molecular weight is 193 g/mol. The van der Waals surface area contributed by atoms with E-state index in [1.54, 1.807) is 12.1 Å². The first-order valence-electron chi connectivity index (χ1n) is 4.65. The van der Waals surface area contributed by atoms with Crippen LogP contribution in [0.2, 0.25) is 0 Å². The van der Waals surface area contributed by atoms with Gasteiger partial charge in [0, 0.05) is 12.5 Å². The fraction of sp³-hybridized carbons (Fsp3) is 0.364. The fourth-order valence-corrected chi connectivity index (χ4v) is 1.37. The van der Waals surface area contributed by atoms with Crippen LogP contribution in [0.25, 0.3) is 0 Å². The molecule has 0 saturated carbocycles. The van der Waals surface area contributed by atoms with Crippen LogP contribution in [0, 0.1) is 0 Å². The lowest BCUT2D eigenvalue weighted by Crippen LogP contribution is -2.44. The molecule has 1 aromatic carbocycles. The SMILES string of the molecule is CCC(O)(NC(C)=O)c1ccccc1. The molecular formula is C11H15NO2. The Morgan fingerprint density at radius 3 is 2.43 bits per heavy atom. The average Bonchev–Trinajstić information content (AvgIpc) is 2.18. The van der Waals surface area contributed by atoms with Crippen molar-refractivity contribution in [2.75, 3.05) is 0 Å². The smallest absolute Gasteiger partial charge is 0.219 e. The lowest BCUT2D eigenvalue weighted by Gasteiger charge is -2.27. The second kappa shape index (κ2) is 4.24. The minimum absolute atomic E-state index is 0.238. The Morgan fingerprint density at radius 2 is 2.00 bits per heavy atom. The predicted octanol–water partition coefficient (Wildman–Crippen LogP) is 1.38. The van der Waals surface area contributed by atoms with Crippen molar-refractivity contribution < 1.29 is 9.90 Å². The first-order valence-corrected chi connectivity index (χ1v) is 4.65. The molecule has 0 saturated heterocycles. The molecule has 0 aliphatic rings. The van der Waals surface area contributed by atoms with Gasteiger partial charge in [0.25, 0.3) is 0 Å². The zero-order valence-corrected chi connectivity index (χ0v) is 8.45. The monoisotopic (exact) mass is 193 g/mol. The minimum Gasteiger partial charge on any atom is -0.367 e. The molecule has 0 heterocycles. The Hall–Kier alpha value is -1.35. The maximum Gasteiger partial charge on any atom is 0.219 e. The molecule has 3 nitrogen and oxygen atoms in total. The third kappa shape index (κ3) is 2.33. The van der Waals surface area contributed by atoms with E-state index in [0.717, 1.165) is 0 Å². The van der Waals surface area contributed by atoms with Crippen molar-refractivity contribution in [3.05, 3.63) is 35.9 Å². The Balaban J connectivity index is 2.95. The van der Waals surface area contributed by atoms with E-state index in [-0.39, 0.29) is 5.91 Å². The third-order valence-corrected chi connectivity index (χ3v) is 2.15. The molecule has 3 heteroatoms. The summed E-state index contributed by atoms with van der Waals surface area (Å²) >= 11 is 0. The molecule has 14 heavy (non-hydrogen) atoms. The summed E-state index contributed by atoms with van der Waals surface area (Å²) in [7, 11) is 0. The van der Waals surface area contributed by atoms with Gasteiger partial charge in [-0.2, -0.15) is 0 Å². The van der Waals surface area contributed by atoms with E-state index in [1.807, 2.05) is 25.1 Å². The molecule has 1 amide bonds. The van der Waals surface area contributed by atoms with Crippen LogP contribution in [-0.4, -0.2) is 11.0 Å². The summed E-state index contributed by atoms with van der Waals surface area (Å²) in [6, 6.07) is 9.11. The number of aliphatic hydroxyl groups is 1. The van der Waals surface area contributed by atoms with Gasteiger partial charge in [-0.05, 0) is 6.42 Å². The third-order valence-electron chi connectivity index (χ3n) is 2.15. The Morgan fingerprint density at radius 1 is 1.43 bits per heavy atom. The highest BCUT2D eigenvalue weighted by Crippen LogP contribution is 2.20. The van der Waals surface area contributed by atoms with E-state index in [1.165, 1.54) is 6.92 Å². The van der Waals surface area contributed by atoms with E-state index in [0.29, 0.717) is 12.0 Å². The second-order valence-corrected chi connectivity index (χ2v) is 3.26. The van der Waals surface area contributed by atoms with Gasteiger partial charge < -0.3 is 10.4 Å². The van der Waals surface area contributed by atoms with Gasteiger partial charge in [-0.3, -0.25) is 4.79 Å². The zero-order chi connectivity index (χ0) is 10.6. The molecule has 0 bridgehead atoms. The summed E-state index contributed by atoms with van der Waals surface area (Å²) in [6.45, 7) is 3.21. The van der Waals surface area contributed by atoms with Crippen molar-refractivity contribution in [2.24, 2.45) is 0 Å². The maximum absolute atomic E-state index is 10.9. The van der Waals surface area contributed by atoms with E-state index < -0.39 is 5.72 Å². The van der Waals surface area contributed by atoms with Crippen LogP contribution in [0.5, 0.6) is 0 Å². The minimum atomic E-state index is -1.24. The van der Waals surface area contributed by atoms with Crippen LogP contribution in [0.15, 0.2) is 30.3 Å². The quantitative estimate of drug-likeness (QED) is 0.712. The number of rotatable bonds is 3. The number of hydrogen-bond acceptors (Lipinski definition) is 2. The molecule has 0 fully saturated rings. The van der Waals surface area contributed by atoms with Gasteiger partial charge in [0.1, 0.15) is 0 Å². The summed E-state index contributed by atoms with van der Waals surface area (Å²) in [6.07, 6.45) is 0.441. The summed E-state index contributed by atoms with van der Waals surface area (Å²) < 4.78 is 0. The summed E-state index contributed by atoms with van der Waals surface area (Å²) in [5.74, 6) is -0.238. The molecule has 76 valence electrons. The molecule has 2 N–H and O–H groups in total. The van der Waals surface area contributed by atoms with Crippen molar-refractivity contribution in [1.82, 2.24) is 5.32 Å². The molecule has 0 aliphatic carbocycles. The topological polar surface area (TPSA) is 49.3 Å². The first kappa shape index (κ1) is 10.7. The second-order valence-electron chi connectivity index (χ2n) is 3.26. The van der Waals surface area contributed by atoms with Gasteiger partial charge in [0.05, 0.1) is 0 Å². The number of hydrogen-bond donors (Lipinski definition) is 2. The van der Waals surface area contributed by atoms with Gasteiger partial charge in [0.2, 0.25) is 5.91 Å². The number of amides is 1. The van der Waals surface area contributed by atoms with Gasteiger partial charge in [-0.25, -0.2) is 0 Å². The Labute approximate surface area is 83.8 Å². The molecule has 1 rings (SSSR count). The molecule has 0 aliphatic heterocycles. The van der Waals surface area contributed by atoms with Crippen molar-refractivity contribution >= 4 is 5.91 Å². The Bertz CT molecular complexity index is 310. The summed E-state index contributed by atoms with van der Waals surface area (Å²) in [4.78, 5) is 10.9. The van der Waals surface area contributed by atoms with Crippen LogP contribution >= 0.6 is 0 Å². The van der Waals surface area contributed by atoms with Crippen molar-refractivity contribution in [2.45, 2.75) is 26.0 Å². The van der Waals surface area contributed by atoms with Crippen LogP contribution in [0.3, 0.4) is 0 Å². The molecule has 1 atom stereocenters. The molecule has 0 spiro atoms. The molecule has 0 aromatic heterocycles. The van der Waals surface area contributed by atoms with Crippen molar-refractivity contribution in [1.29, 1.82) is 0 Å². The van der Waals surface area contributed by atoms with Crippen molar-refractivity contribution in [3.63, 3.8) is 0 Å². The van der Waals surface area contributed by atoms with Crippen LogP contribution < -0.4 is 5.32 Å². The first-order chi connectivity index (χ1) is 6.58. The van der Waals surface area contributed by atoms with Gasteiger partial charge in [0.15, 0.2) is 5.72 Å². The fourth-order valence-electron chi connectivity index (χ4n) is 1.37. The summed E-state index contributed by atoms with van der Waals surface area (Å²) in [5, 5.41) is 12.7. The molecule has 1 aromatic rings. The van der Waals surface area contributed by atoms with Crippen LogP contribution in [0.4, 0.5) is 0 Å². The predicted molar refractivity (Wildman–Crippen MR) is 54.4 cm³/mol. The van der Waals surface area contributed by atoms with Gasteiger partial charge in [-0.15, -0.1) is 0 Å². The molecular weight excluding hydrogens is 178 g/mol. The van der Waals surface area contributed by atoms with Crippen LogP contribution in [-0.2, 0) is 10.5 Å². The van der Waals surface area contributed by atoms with E-state index in [4.69, 9.17) is 0 Å². The van der Waals surface area contributed by atoms with E-state index in [9.17, 15) is 9.90 Å². The number of benzene rings is 1. The number of nitrogens with one attached hydrogen (secondary N) is 1. The number of carbonyl (C=O) groups excluding carboxylic acids is 1. The Kier molecular flexibility index (Phi) is 3.25. The molecule has 1 unspecified atom stereocenters. The van der Waals surface area contributed by atoms with E-state index >= 15 is 0 Å². The molecule has 0 radical (unpaired) electrons. The van der Waals surface area contributed by atoms with Crippen molar-refractivity contribution in [3.8, 4) is 0 Å². The normalized spacial score (nSPS) is 14.5. The highest BCUT2D eigenvalue weighted by molar-refractivity contribution is 5.73. The maximum atomic E-state index is 10.9. The standard InChI is InChI=1S/C11H15NO2/c1-3-11(14,12-9(2)13)10-7-5-4-6-8-10/h4-8,14H,3H2,1-2H3,(H,12,13). The lowest BCUT2D eigenvalue weighted by atomic mass is 10.0. The van der Waals surface area contributed by atoms with Gasteiger partial charge >= 0.3 is 0 Å².